The Morgan fingerprint density at radius 3 is 1.95 bits per heavy atom. The van der Waals surface area contributed by atoms with Gasteiger partial charge in [0.2, 0.25) is 5.78 Å². The quantitative estimate of drug-likeness (QED) is 0.245. The Labute approximate surface area is 256 Å². The van der Waals surface area contributed by atoms with Crippen LogP contribution in [0.1, 0.15) is 53.6 Å². The topological polar surface area (TPSA) is 137 Å². The first-order valence-electron chi connectivity index (χ1n) is 14.3. The van der Waals surface area contributed by atoms with Gasteiger partial charge in [0, 0.05) is 19.5 Å². The van der Waals surface area contributed by atoms with Crippen molar-refractivity contribution in [1.82, 2.24) is 20.0 Å². The van der Waals surface area contributed by atoms with Crippen LogP contribution in [0, 0.1) is 6.92 Å². The van der Waals surface area contributed by atoms with E-state index in [2.05, 4.69) is 10.4 Å². The molecular formula is C34H37N5O5. The van der Waals surface area contributed by atoms with E-state index in [1.165, 1.54) is 4.68 Å². The molecule has 0 aliphatic carbocycles. The van der Waals surface area contributed by atoms with Crippen molar-refractivity contribution in [1.29, 1.82) is 0 Å². The molecule has 4 aromatic rings. The van der Waals surface area contributed by atoms with Gasteiger partial charge in [0.1, 0.15) is 17.3 Å². The Morgan fingerprint density at radius 2 is 1.41 bits per heavy atom. The van der Waals surface area contributed by atoms with Gasteiger partial charge in [0.15, 0.2) is 0 Å². The van der Waals surface area contributed by atoms with Gasteiger partial charge >= 0.3 is 6.09 Å². The van der Waals surface area contributed by atoms with Gasteiger partial charge in [-0.05, 0) is 62.6 Å². The van der Waals surface area contributed by atoms with Crippen LogP contribution in [0.15, 0.2) is 91.0 Å². The van der Waals surface area contributed by atoms with Gasteiger partial charge < -0.3 is 15.8 Å². The molecule has 0 bridgehead atoms. The van der Waals surface area contributed by atoms with Crippen LogP contribution in [-0.4, -0.2) is 50.0 Å². The number of ether oxygens (including phenoxy) is 1. The molecular weight excluding hydrogens is 558 g/mol. The first-order valence-corrected chi connectivity index (χ1v) is 14.3. The van der Waals surface area contributed by atoms with Crippen molar-refractivity contribution in [2.75, 3.05) is 0 Å². The third-order valence-electron chi connectivity index (χ3n) is 6.63. The molecule has 10 heteroatoms. The molecule has 3 aromatic carbocycles. The fourth-order valence-electron chi connectivity index (χ4n) is 4.60. The van der Waals surface area contributed by atoms with E-state index in [-0.39, 0.29) is 12.1 Å². The van der Waals surface area contributed by atoms with Crippen LogP contribution in [0.2, 0.25) is 0 Å². The molecule has 10 nitrogen and oxygen atoms in total. The van der Waals surface area contributed by atoms with Crippen molar-refractivity contribution >= 4 is 23.7 Å². The van der Waals surface area contributed by atoms with Crippen LogP contribution in [0.5, 0.6) is 0 Å². The standard InChI is InChI=1S/C34H37N5O5/c1-23-19-29(32(42)36-28(30(40)31(35)41)20-24-11-7-5-8-12-24)39(37-23)27-17-15-26(16-18-27)22-38(33(43)44-34(2,3)4)21-25-13-9-6-10-14-25/h5-19,28H,20-22H2,1-4H3,(H2,35,41)(H,36,42). The van der Waals surface area contributed by atoms with E-state index < -0.39 is 35.3 Å². The molecule has 0 aliphatic rings. The first-order chi connectivity index (χ1) is 20.9. The molecule has 0 spiro atoms. The van der Waals surface area contributed by atoms with E-state index >= 15 is 0 Å². The number of nitrogens with two attached hydrogens (primary N) is 1. The highest BCUT2D eigenvalue weighted by Gasteiger charge is 2.28. The molecule has 3 amide bonds. The molecule has 1 aromatic heterocycles. The molecule has 3 N–H and O–H groups in total. The molecule has 0 fully saturated rings. The number of nitrogens with zero attached hydrogens (tertiary/aromatic N) is 3. The molecule has 1 heterocycles. The van der Waals surface area contributed by atoms with E-state index in [0.717, 1.165) is 16.7 Å². The van der Waals surface area contributed by atoms with Crippen LogP contribution in [-0.2, 0) is 33.8 Å². The molecule has 1 atom stereocenters. The van der Waals surface area contributed by atoms with Crippen molar-refractivity contribution in [3.63, 3.8) is 0 Å². The molecule has 0 aliphatic heterocycles. The number of rotatable bonds is 11. The highest BCUT2D eigenvalue weighted by Crippen LogP contribution is 2.19. The minimum absolute atomic E-state index is 0.104. The molecule has 0 saturated heterocycles. The fraction of sp³-hybridized carbons (Fsp3) is 0.265. The lowest BCUT2D eigenvalue weighted by Crippen LogP contribution is -2.47. The number of hydrogen-bond donors (Lipinski definition) is 2. The Kier molecular flexibility index (Phi) is 9.95. The van der Waals surface area contributed by atoms with E-state index in [9.17, 15) is 19.2 Å². The van der Waals surface area contributed by atoms with Crippen LogP contribution in [0.3, 0.4) is 0 Å². The van der Waals surface area contributed by atoms with E-state index in [1.54, 1.807) is 54.3 Å². The van der Waals surface area contributed by atoms with Gasteiger partial charge in [-0.15, -0.1) is 0 Å². The first kappa shape index (κ1) is 31.7. The Bertz CT molecular complexity index is 1610. The number of primary amides is 1. The van der Waals surface area contributed by atoms with Crippen molar-refractivity contribution < 1.29 is 23.9 Å². The zero-order chi connectivity index (χ0) is 31.9. The number of carbonyl (C=O) groups is 4. The third kappa shape index (κ3) is 8.64. The maximum absolute atomic E-state index is 13.4. The predicted octanol–water partition coefficient (Wildman–Crippen LogP) is 4.51. The SMILES string of the molecule is Cc1cc(C(=O)NC(Cc2ccccc2)C(=O)C(N)=O)n(-c2ccc(CN(Cc3ccccc3)C(=O)OC(C)(C)C)cc2)n1. The average molecular weight is 596 g/mol. The highest BCUT2D eigenvalue weighted by atomic mass is 16.6. The number of benzene rings is 3. The zero-order valence-electron chi connectivity index (χ0n) is 25.3. The Morgan fingerprint density at radius 1 is 0.864 bits per heavy atom. The van der Waals surface area contributed by atoms with E-state index in [1.807, 2.05) is 69.3 Å². The summed E-state index contributed by atoms with van der Waals surface area (Å²) in [5, 5.41) is 7.15. The number of aryl methyl sites for hydroxylation is 1. The second-order valence-corrected chi connectivity index (χ2v) is 11.5. The van der Waals surface area contributed by atoms with Gasteiger partial charge in [-0.3, -0.25) is 19.3 Å². The number of nitrogens with one attached hydrogen (secondary N) is 1. The molecule has 0 saturated carbocycles. The predicted molar refractivity (Wildman–Crippen MR) is 166 cm³/mol. The van der Waals surface area contributed by atoms with Crippen LogP contribution < -0.4 is 11.1 Å². The van der Waals surface area contributed by atoms with E-state index in [0.29, 0.717) is 24.5 Å². The summed E-state index contributed by atoms with van der Waals surface area (Å²) in [6.45, 7) is 7.90. The lowest BCUT2D eigenvalue weighted by atomic mass is 10.0. The minimum Gasteiger partial charge on any atom is -0.444 e. The maximum Gasteiger partial charge on any atom is 0.410 e. The molecule has 4 rings (SSSR count). The molecule has 1 unspecified atom stereocenters. The van der Waals surface area contributed by atoms with Crippen molar-refractivity contribution in [2.24, 2.45) is 5.73 Å². The second kappa shape index (κ2) is 13.8. The second-order valence-electron chi connectivity index (χ2n) is 11.5. The van der Waals surface area contributed by atoms with Gasteiger partial charge in [0.05, 0.1) is 11.4 Å². The summed E-state index contributed by atoms with van der Waals surface area (Å²) in [5.41, 5.74) is 8.58. The van der Waals surface area contributed by atoms with Gasteiger partial charge in [0.25, 0.3) is 11.8 Å². The Hall–Kier alpha value is -5.25. The summed E-state index contributed by atoms with van der Waals surface area (Å²) in [5.74, 6) is -2.59. The minimum atomic E-state index is -1.14. The van der Waals surface area contributed by atoms with E-state index in [4.69, 9.17) is 10.5 Å². The van der Waals surface area contributed by atoms with Gasteiger partial charge in [-0.1, -0.05) is 72.8 Å². The fourth-order valence-corrected chi connectivity index (χ4v) is 4.60. The number of ketones is 1. The third-order valence-corrected chi connectivity index (χ3v) is 6.63. The Balaban J connectivity index is 1.54. The van der Waals surface area contributed by atoms with Crippen molar-refractivity contribution in [3.8, 4) is 5.69 Å². The summed E-state index contributed by atoms with van der Waals surface area (Å²) in [4.78, 5) is 52.4. The number of carbonyl (C=O) groups excluding carboxylic acids is 4. The lowest BCUT2D eigenvalue weighted by Gasteiger charge is -2.27. The summed E-state index contributed by atoms with van der Waals surface area (Å²) >= 11 is 0. The lowest BCUT2D eigenvalue weighted by molar-refractivity contribution is -0.137. The molecule has 0 radical (unpaired) electrons. The van der Waals surface area contributed by atoms with Crippen molar-refractivity contribution in [3.05, 3.63) is 119 Å². The van der Waals surface area contributed by atoms with Crippen LogP contribution in [0.4, 0.5) is 4.79 Å². The number of Topliss-reactive ketones (excluding diaryl/α,β-unsaturated/α-hetero) is 1. The highest BCUT2D eigenvalue weighted by molar-refractivity contribution is 6.38. The number of aromatic nitrogens is 2. The monoisotopic (exact) mass is 595 g/mol. The zero-order valence-corrected chi connectivity index (χ0v) is 25.3. The molecule has 44 heavy (non-hydrogen) atoms. The summed E-state index contributed by atoms with van der Waals surface area (Å²) in [6.07, 6.45) is -0.324. The summed E-state index contributed by atoms with van der Waals surface area (Å²) < 4.78 is 7.13. The summed E-state index contributed by atoms with van der Waals surface area (Å²) in [6, 6.07) is 26.5. The normalized spacial score (nSPS) is 11.8. The average Bonchev–Trinajstić information content (AvgIpc) is 3.38. The molecule has 228 valence electrons. The largest absolute Gasteiger partial charge is 0.444 e. The maximum atomic E-state index is 13.4. The van der Waals surface area contributed by atoms with Gasteiger partial charge in [-0.2, -0.15) is 5.10 Å². The van der Waals surface area contributed by atoms with Crippen LogP contribution in [0.25, 0.3) is 5.69 Å². The summed E-state index contributed by atoms with van der Waals surface area (Å²) in [7, 11) is 0. The van der Waals surface area contributed by atoms with Crippen molar-refractivity contribution in [2.45, 2.75) is 58.8 Å². The van der Waals surface area contributed by atoms with Crippen LogP contribution >= 0.6 is 0 Å². The number of amides is 3. The van der Waals surface area contributed by atoms with Gasteiger partial charge in [-0.25, -0.2) is 9.48 Å². The smallest absolute Gasteiger partial charge is 0.410 e. The number of hydrogen-bond acceptors (Lipinski definition) is 6.